The van der Waals surface area contributed by atoms with E-state index in [0.29, 0.717) is 23.1 Å². The molecule has 4 aromatic rings. The van der Waals surface area contributed by atoms with Crippen LogP contribution in [0.1, 0.15) is 27.9 Å². The van der Waals surface area contributed by atoms with Crippen molar-refractivity contribution >= 4 is 34.2 Å². The van der Waals surface area contributed by atoms with E-state index >= 15 is 0 Å². The molecule has 0 aliphatic rings. The third-order valence-electron chi connectivity index (χ3n) is 4.29. The molecule has 0 fully saturated rings. The molecule has 0 saturated heterocycles. The van der Waals surface area contributed by atoms with Crippen LogP contribution in [0.2, 0.25) is 10.3 Å². The van der Waals surface area contributed by atoms with Gasteiger partial charge in [-0.25, -0.2) is 15.0 Å². The van der Waals surface area contributed by atoms with E-state index < -0.39 is 0 Å². The Morgan fingerprint density at radius 2 is 1.85 bits per heavy atom. The molecule has 4 rings (SSSR count). The molecule has 0 bridgehead atoms. The lowest BCUT2D eigenvalue weighted by atomic mass is 10.0. The van der Waals surface area contributed by atoms with Gasteiger partial charge in [0.15, 0.2) is 0 Å². The van der Waals surface area contributed by atoms with E-state index in [0.717, 1.165) is 39.0 Å². The molecule has 0 radical (unpaired) electrons. The molecular weight excluding hydrogens is 367 g/mol. The SMILES string of the molecule is Cc1cnc2[nH]cc(Cc3ccc(Cc4ccc(Cl)nc4)nc3Cl)c2c1. The van der Waals surface area contributed by atoms with E-state index in [9.17, 15) is 0 Å². The van der Waals surface area contributed by atoms with Crippen molar-refractivity contribution in [2.24, 2.45) is 0 Å². The largest absolute Gasteiger partial charge is 0.346 e. The topological polar surface area (TPSA) is 54.5 Å². The Labute approximate surface area is 161 Å². The maximum atomic E-state index is 6.45. The Balaban J connectivity index is 1.57. The first-order valence-corrected chi connectivity index (χ1v) is 9.01. The number of hydrogen-bond donors (Lipinski definition) is 1. The highest BCUT2D eigenvalue weighted by Crippen LogP contribution is 2.24. The quantitative estimate of drug-likeness (QED) is 0.496. The molecule has 1 N–H and O–H groups in total. The van der Waals surface area contributed by atoms with E-state index in [-0.39, 0.29) is 0 Å². The van der Waals surface area contributed by atoms with Gasteiger partial charge >= 0.3 is 0 Å². The number of hydrogen-bond acceptors (Lipinski definition) is 3. The molecule has 130 valence electrons. The van der Waals surface area contributed by atoms with Crippen molar-refractivity contribution in [2.75, 3.05) is 0 Å². The molecule has 4 heterocycles. The van der Waals surface area contributed by atoms with Crippen molar-refractivity contribution < 1.29 is 0 Å². The predicted molar refractivity (Wildman–Crippen MR) is 105 cm³/mol. The van der Waals surface area contributed by atoms with E-state index in [4.69, 9.17) is 23.2 Å². The van der Waals surface area contributed by atoms with Crippen LogP contribution >= 0.6 is 23.2 Å². The van der Waals surface area contributed by atoms with Crippen LogP contribution in [0.5, 0.6) is 0 Å². The number of nitrogens with one attached hydrogen (secondary N) is 1. The van der Waals surface area contributed by atoms with Crippen LogP contribution in [0.4, 0.5) is 0 Å². The van der Waals surface area contributed by atoms with Gasteiger partial charge in [-0.1, -0.05) is 35.3 Å². The Bertz CT molecular complexity index is 1070. The third-order valence-corrected chi connectivity index (χ3v) is 4.84. The predicted octanol–water partition coefficient (Wildman–Crippen LogP) is 5.15. The molecule has 4 nitrogen and oxygen atoms in total. The molecule has 0 aromatic carbocycles. The fraction of sp³-hybridized carbons (Fsp3) is 0.150. The number of aromatic nitrogens is 4. The zero-order valence-electron chi connectivity index (χ0n) is 14.1. The fourth-order valence-electron chi connectivity index (χ4n) is 2.96. The first-order valence-electron chi connectivity index (χ1n) is 8.26. The number of aryl methyl sites for hydroxylation is 1. The molecule has 0 aliphatic carbocycles. The second-order valence-corrected chi connectivity index (χ2v) is 7.06. The van der Waals surface area contributed by atoms with Crippen LogP contribution < -0.4 is 0 Å². The van der Waals surface area contributed by atoms with Gasteiger partial charge in [-0.3, -0.25) is 0 Å². The summed E-state index contributed by atoms with van der Waals surface area (Å²) in [5, 5.41) is 2.13. The van der Waals surface area contributed by atoms with Crippen LogP contribution in [0.3, 0.4) is 0 Å². The summed E-state index contributed by atoms with van der Waals surface area (Å²) in [5.74, 6) is 0. The van der Waals surface area contributed by atoms with Gasteiger partial charge in [0, 0.05) is 42.5 Å². The van der Waals surface area contributed by atoms with E-state index in [1.165, 1.54) is 0 Å². The lowest BCUT2D eigenvalue weighted by molar-refractivity contribution is 1.03. The van der Waals surface area contributed by atoms with Crippen LogP contribution in [0, 0.1) is 6.92 Å². The molecule has 0 aliphatic heterocycles. The summed E-state index contributed by atoms with van der Waals surface area (Å²) in [7, 11) is 0. The lowest BCUT2D eigenvalue weighted by Gasteiger charge is -2.07. The number of H-pyrrole nitrogens is 1. The summed E-state index contributed by atoms with van der Waals surface area (Å²) in [5.41, 5.74) is 6.13. The van der Waals surface area contributed by atoms with Gasteiger partial charge in [0.1, 0.15) is 16.0 Å². The first kappa shape index (κ1) is 17.0. The summed E-state index contributed by atoms with van der Waals surface area (Å²) in [6.45, 7) is 2.04. The highest BCUT2D eigenvalue weighted by atomic mass is 35.5. The summed E-state index contributed by atoms with van der Waals surface area (Å²) < 4.78 is 0. The fourth-order valence-corrected chi connectivity index (χ4v) is 3.31. The highest BCUT2D eigenvalue weighted by Gasteiger charge is 2.10. The lowest BCUT2D eigenvalue weighted by Crippen LogP contribution is -1.97. The van der Waals surface area contributed by atoms with Crippen LogP contribution in [0.15, 0.2) is 48.9 Å². The van der Waals surface area contributed by atoms with Gasteiger partial charge in [-0.05, 0) is 47.4 Å². The second-order valence-electron chi connectivity index (χ2n) is 6.32. The minimum absolute atomic E-state index is 0.485. The monoisotopic (exact) mass is 382 g/mol. The van der Waals surface area contributed by atoms with Crippen LogP contribution in [0.25, 0.3) is 11.0 Å². The summed E-state index contributed by atoms with van der Waals surface area (Å²) in [6.07, 6.45) is 6.98. The van der Waals surface area contributed by atoms with E-state index in [1.807, 2.05) is 37.5 Å². The molecule has 0 saturated carbocycles. The average Bonchev–Trinajstić information content (AvgIpc) is 3.01. The Morgan fingerprint density at radius 3 is 2.62 bits per heavy atom. The van der Waals surface area contributed by atoms with Gasteiger partial charge in [-0.15, -0.1) is 0 Å². The van der Waals surface area contributed by atoms with Crippen molar-refractivity contribution in [2.45, 2.75) is 19.8 Å². The molecule has 0 spiro atoms. The molecule has 6 heteroatoms. The van der Waals surface area contributed by atoms with E-state index in [2.05, 4.69) is 26.0 Å². The zero-order chi connectivity index (χ0) is 18.1. The van der Waals surface area contributed by atoms with Crippen molar-refractivity contribution in [3.63, 3.8) is 0 Å². The average molecular weight is 383 g/mol. The molecule has 4 aromatic heterocycles. The summed E-state index contributed by atoms with van der Waals surface area (Å²) >= 11 is 12.3. The molecule has 0 amide bonds. The highest BCUT2D eigenvalue weighted by molar-refractivity contribution is 6.30. The third kappa shape index (κ3) is 3.57. The van der Waals surface area contributed by atoms with Gasteiger partial charge in [0.25, 0.3) is 0 Å². The van der Waals surface area contributed by atoms with Gasteiger partial charge < -0.3 is 4.98 Å². The van der Waals surface area contributed by atoms with Gasteiger partial charge in [-0.2, -0.15) is 0 Å². The second kappa shape index (κ2) is 7.06. The summed E-state index contributed by atoms with van der Waals surface area (Å²) in [6, 6.07) is 9.90. The normalized spacial score (nSPS) is 11.2. The smallest absolute Gasteiger partial charge is 0.137 e. The minimum atomic E-state index is 0.485. The number of halogens is 2. The molecule has 26 heavy (non-hydrogen) atoms. The Hall–Kier alpha value is -2.43. The maximum absolute atomic E-state index is 6.45. The van der Waals surface area contributed by atoms with Crippen molar-refractivity contribution in [1.82, 2.24) is 19.9 Å². The first-order chi connectivity index (χ1) is 12.6. The van der Waals surface area contributed by atoms with Crippen molar-refractivity contribution in [3.05, 3.63) is 87.2 Å². The molecule has 0 atom stereocenters. The number of fused-ring (bicyclic) bond motifs is 1. The number of nitrogens with zero attached hydrogens (tertiary/aromatic N) is 3. The standard InChI is InChI=1S/C20H16Cl2N4/c1-12-6-17-15(11-25-20(17)24-9-12)8-14-3-4-16(26-19(14)22)7-13-2-5-18(21)23-10-13/h2-6,9-11H,7-8H2,1H3,(H,24,25). The number of rotatable bonds is 4. The number of pyridine rings is 3. The summed E-state index contributed by atoms with van der Waals surface area (Å²) in [4.78, 5) is 16.3. The Kier molecular flexibility index (Phi) is 4.62. The van der Waals surface area contributed by atoms with Crippen molar-refractivity contribution in [1.29, 1.82) is 0 Å². The number of aromatic amines is 1. The van der Waals surface area contributed by atoms with E-state index in [1.54, 1.807) is 12.3 Å². The van der Waals surface area contributed by atoms with Crippen LogP contribution in [-0.2, 0) is 12.8 Å². The van der Waals surface area contributed by atoms with Crippen molar-refractivity contribution in [3.8, 4) is 0 Å². The molecular formula is C20H16Cl2N4. The molecule has 0 unspecified atom stereocenters. The minimum Gasteiger partial charge on any atom is -0.346 e. The zero-order valence-corrected chi connectivity index (χ0v) is 15.6. The van der Waals surface area contributed by atoms with Crippen LogP contribution in [-0.4, -0.2) is 19.9 Å². The van der Waals surface area contributed by atoms with Gasteiger partial charge in [0.2, 0.25) is 0 Å². The maximum Gasteiger partial charge on any atom is 0.137 e. The Morgan fingerprint density at radius 1 is 0.962 bits per heavy atom. The van der Waals surface area contributed by atoms with Gasteiger partial charge in [0.05, 0.1) is 0 Å².